The summed E-state index contributed by atoms with van der Waals surface area (Å²) >= 11 is 0. The van der Waals surface area contributed by atoms with Crippen LogP contribution in [0.2, 0.25) is 0 Å². The van der Waals surface area contributed by atoms with Crippen molar-refractivity contribution in [1.29, 1.82) is 0 Å². The van der Waals surface area contributed by atoms with Crippen LogP contribution in [0.25, 0.3) is 5.65 Å². The fourth-order valence-electron chi connectivity index (χ4n) is 3.89. The molecule has 1 saturated heterocycles. The first-order valence-electron chi connectivity index (χ1n) is 10.1. The van der Waals surface area contributed by atoms with Crippen LogP contribution in [-0.2, 0) is 11.3 Å². The molecule has 0 bridgehead atoms. The van der Waals surface area contributed by atoms with Crippen molar-refractivity contribution in [2.75, 3.05) is 13.1 Å². The van der Waals surface area contributed by atoms with Crippen LogP contribution in [-0.4, -0.2) is 39.2 Å². The maximum atomic E-state index is 12.5. The topological polar surface area (TPSA) is 66.7 Å². The number of likely N-dealkylation sites (tertiary alicyclic amines) is 1. The number of nitrogens with one attached hydrogen (secondary N) is 1. The summed E-state index contributed by atoms with van der Waals surface area (Å²) in [6.07, 6.45) is 7.62. The Kier molecular flexibility index (Phi) is 4.15. The molecule has 6 nitrogen and oxygen atoms in total. The number of aromatic nitrogens is 2. The first-order chi connectivity index (χ1) is 14.0. The van der Waals surface area contributed by atoms with Crippen molar-refractivity contribution in [3.05, 3.63) is 71.7 Å². The Hall–Kier alpha value is -3.15. The second kappa shape index (κ2) is 6.72. The number of hydrogen-bond donors (Lipinski definition) is 1. The third-order valence-corrected chi connectivity index (χ3v) is 6.24. The van der Waals surface area contributed by atoms with Crippen molar-refractivity contribution in [2.24, 2.45) is 5.41 Å². The van der Waals surface area contributed by atoms with Crippen LogP contribution in [0.3, 0.4) is 0 Å². The highest BCUT2D eigenvalue weighted by Crippen LogP contribution is 2.48. The minimum absolute atomic E-state index is 0.0883. The van der Waals surface area contributed by atoms with Gasteiger partial charge in [0.2, 0.25) is 5.91 Å². The third kappa shape index (κ3) is 3.39. The summed E-state index contributed by atoms with van der Waals surface area (Å²) in [6, 6.07) is 11.7. The Balaban J connectivity index is 1.16. The molecule has 2 amide bonds. The van der Waals surface area contributed by atoms with Gasteiger partial charge in [-0.25, -0.2) is 4.98 Å². The SMILES string of the molecule is CC1(C(=O)N2CC(c3ccc(C(=O)NCc4ccn5ccnc5c4)cc3)C2)CC1. The van der Waals surface area contributed by atoms with Crippen molar-refractivity contribution >= 4 is 17.5 Å². The second-order valence-electron chi connectivity index (χ2n) is 8.50. The Morgan fingerprint density at radius 2 is 1.90 bits per heavy atom. The van der Waals surface area contributed by atoms with Crippen LogP contribution in [0.1, 0.15) is 47.2 Å². The lowest BCUT2D eigenvalue weighted by atomic mass is 9.89. The number of imidazole rings is 1. The maximum absolute atomic E-state index is 12.5. The van der Waals surface area contributed by atoms with Gasteiger partial charge in [0.1, 0.15) is 5.65 Å². The zero-order valence-corrected chi connectivity index (χ0v) is 16.5. The monoisotopic (exact) mass is 388 g/mol. The van der Waals surface area contributed by atoms with Crippen LogP contribution >= 0.6 is 0 Å². The van der Waals surface area contributed by atoms with E-state index in [1.165, 1.54) is 5.56 Å². The van der Waals surface area contributed by atoms with Crippen molar-refractivity contribution in [3.63, 3.8) is 0 Å². The average Bonchev–Trinajstić information content (AvgIpc) is 3.28. The molecule has 5 rings (SSSR count). The molecule has 2 fully saturated rings. The van der Waals surface area contributed by atoms with E-state index in [1.807, 2.05) is 58.1 Å². The molecule has 0 atom stereocenters. The predicted molar refractivity (Wildman–Crippen MR) is 109 cm³/mol. The molecule has 2 aromatic heterocycles. The molecule has 1 aromatic carbocycles. The number of carbonyl (C=O) groups is 2. The number of rotatable bonds is 5. The Labute approximate surface area is 169 Å². The fourth-order valence-corrected chi connectivity index (χ4v) is 3.89. The quantitative estimate of drug-likeness (QED) is 0.731. The molecule has 3 aromatic rings. The van der Waals surface area contributed by atoms with Gasteiger partial charge in [-0.05, 0) is 48.2 Å². The van der Waals surface area contributed by atoms with Gasteiger partial charge in [-0.3, -0.25) is 9.59 Å². The van der Waals surface area contributed by atoms with Gasteiger partial charge < -0.3 is 14.6 Å². The zero-order valence-electron chi connectivity index (χ0n) is 16.5. The Bertz CT molecular complexity index is 1080. The molecule has 1 aliphatic carbocycles. The molecule has 1 N–H and O–H groups in total. The van der Waals surface area contributed by atoms with Crippen LogP contribution in [0.15, 0.2) is 55.0 Å². The lowest BCUT2D eigenvalue weighted by Gasteiger charge is -2.41. The normalized spacial score (nSPS) is 17.8. The van der Waals surface area contributed by atoms with E-state index in [9.17, 15) is 9.59 Å². The van der Waals surface area contributed by atoms with Gasteiger partial charge in [-0.1, -0.05) is 19.1 Å². The van der Waals surface area contributed by atoms with Gasteiger partial charge in [0, 0.05) is 55.1 Å². The summed E-state index contributed by atoms with van der Waals surface area (Å²) in [5.41, 5.74) is 3.63. The zero-order chi connectivity index (χ0) is 20.0. The van der Waals surface area contributed by atoms with E-state index in [1.54, 1.807) is 6.20 Å². The highest BCUT2D eigenvalue weighted by molar-refractivity contribution is 5.94. The minimum Gasteiger partial charge on any atom is -0.348 e. The van der Waals surface area contributed by atoms with E-state index in [2.05, 4.69) is 17.2 Å². The summed E-state index contributed by atoms with van der Waals surface area (Å²) in [4.78, 5) is 31.0. The van der Waals surface area contributed by atoms with Gasteiger partial charge in [-0.2, -0.15) is 0 Å². The molecular formula is C23H24N4O2. The molecule has 1 saturated carbocycles. The highest BCUT2D eigenvalue weighted by atomic mass is 16.2. The second-order valence-corrected chi connectivity index (χ2v) is 8.50. The standard InChI is InChI=1S/C23H24N4O2/c1-23(7-8-23)22(29)27-14-19(15-27)17-2-4-18(5-3-17)21(28)25-13-16-6-10-26-11-9-24-20(26)12-16/h2-6,9-12,19H,7-8,13-15H2,1H3,(H,25,28). The lowest BCUT2D eigenvalue weighted by Crippen LogP contribution is -2.50. The first-order valence-corrected chi connectivity index (χ1v) is 10.1. The lowest BCUT2D eigenvalue weighted by molar-refractivity contribution is -0.141. The number of carbonyl (C=O) groups excluding carboxylic acids is 2. The molecule has 6 heteroatoms. The summed E-state index contributed by atoms with van der Waals surface area (Å²) in [5.74, 6) is 0.588. The van der Waals surface area contributed by atoms with Gasteiger partial charge in [0.15, 0.2) is 0 Å². The number of benzene rings is 1. The van der Waals surface area contributed by atoms with Crippen molar-refractivity contribution in [2.45, 2.75) is 32.2 Å². The number of amides is 2. The van der Waals surface area contributed by atoms with E-state index in [-0.39, 0.29) is 11.3 Å². The predicted octanol–water partition coefficient (Wildman–Crippen LogP) is 2.99. The van der Waals surface area contributed by atoms with Crippen molar-refractivity contribution < 1.29 is 9.59 Å². The molecule has 29 heavy (non-hydrogen) atoms. The molecule has 2 aliphatic rings. The Morgan fingerprint density at radius 3 is 2.62 bits per heavy atom. The molecule has 0 unspecified atom stereocenters. The summed E-state index contributed by atoms with van der Waals surface area (Å²) in [7, 11) is 0. The summed E-state index contributed by atoms with van der Waals surface area (Å²) in [5, 5.41) is 2.97. The molecule has 0 radical (unpaired) electrons. The van der Waals surface area contributed by atoms with Gasteiger partial charge in [0.05, 0.1) is 0 Å². The summed E-state index contributed by atoms with van der Waals surface area (Å²) in [6.45, 7) is 4.10. The highest BCUT2D eigenvalue weighted by Gasteiger charge is 2.49. The number of hydrogen-bond acceptors (Lipinski definition) is 3. The molecular weight excluding hydrogens is 364 g/mol. The van der Waals surface area contributed by atoms with Gasteiger partial charge in [-0.15, -0.1) is 0 Å². The minimum atomic E-state index is -0.0909. The van der Waals surface area contributed by atoms with Crippen LogP contribution in [0.5, 0.6) is 0 Å². The molecule has 148 valence electrons. The number of nitrogens with zero attached hydrogens (tertiary/aromatic N) is 3. The summed E-state index contributed by atoms with van der Waals surface area (Å²) < 4.78 is 1.93. The molecule has 3 heterocycles. The molecule has 0 spiro atoms. The third-order valence-electron chi connectivity index (χ3n) is 6.24. The maximum Gasteiger partial charge on any atom is 0.251 e. The largest absolute Gasteiger partial charge is 0.348 e. The van der Waals surface area contributed by atoms with E-state index in [0.717, 1.165) is 37.1 Å². The van der Waals surface area contributed by atoms with Crippen molar-refractivity contribution in [1.82, 2.24) is 19.6 Å². The Morgan fingerprint density at radius 1 is 1.14 bits per heavy atom. The fraction of sp³-hybridized carbons (Fsp3) is 0.348. The van der Waals surface area contributed by atoms with E-state index >= 15 is 0 Å². The number of fused-ring (bicyclic) bond motifs is 1. The van der Waals surface area contributed by atoms with E-state index in [0.29, 0.717) is 23.9 Å². The molecule has 1 aliphatic heterocycles. The van der Waals surface area contributed by atoms with Crippen molar-refractivity contribution in [3.8, 4) is 0 Å². The first kappa shape index (κ1) is 17.9. The number of pyridine rings is 1. The van der Waals surface area contributed by atoms with Crippen LogP contribution in [0, 0.1) is 5.41 Å². The van der Waals surface area contributed by atoms with Crippen LogP contribution in [0.4, 0.5) is 0 Å². The average molecular weight is 388 g/mol. The smallest absolute Gasteiger partial charge is 0.251 e. The van der Waals surface area contributed by atoms with Gasteiger partial charge in [0.25, 0.3) is 5.91 Å². The van der Waals surface area contributed by atoms with Crippen LogP contribution < -0.4 is 5.32 Å². The van der Waals surface area contributed by atoms with Gasteiger partial charge >= 0.3 is 0 Å². The van der Waals surface area contributed by atoms with E-state index in [4.69, 9.17) is 0 Å². The van der Waals surface area contributed by atoms with E-state index < -0.39 is 0 Å².